The SMILES string of the molecule is O=C(NCC1CCOC1)C1CCN(S(=O)(=O)c2ccc3c(c2)OCCCO3)CC1. The number of nitrogens with zero attached hydrogens (tertiary/aromatic N) is 1. The van der Waals surface area contributed by atoms with Crippen LogP contribution in [0.15, 0.2) is 23.1 Å². The van der Waals surface area contributed by atoms with E-state index in [-0.39, 0.29) is 16.7 Å². The average molecular weight is 425 g/mol. The summed E-state index contributed by atoms with van der Waals surface area (Å²) < 4.78 is 44.1. The fourth-order valence-corrected chi connectivity index (χ4v) is 5.43. The van der Waals surface area contributed by atoms with Gasteiger partial charge in [-0.2, -0.15) is 4.31 Å². The maximum Gasteiger partial charge on any atom is 0.243 e. The molecule has 3 aliphatic rings. The zero-order valence-electron chi connectivity index (χ0n) is 16.5. The van der Waals surface area contributed by atoms with Gasteiger partial charge in [-0.25, -0.2) is 8.42 Å². The molecule has 4 rings (SSSR count). The third kappa shape index (κ3) is 4.67. The smallest absolute Gasteiger partial charge is 0.243 e. The van der Waals surface area contributed by atoms with E-state index >= 15 is 0 Å². The van der Waals surface area contributed by atoms with Gasteiger partial charge in [-0.05, 0) is 31.4 Å². The third-order valence-electron chi connectivity index (χ3n) is 5.77. The van der Waals surface area contributed by atoms with Gasteiger partial charge in [0.2, 0.25) is 15.9 Å². The van der Waals surface area contributed by atoms with Crippen LogP contribution in [0.1, 0.15) is 25.7 Å². The minimum absolute atomic E-state index is 0.0181. The van der Waals surface area contributed by atoms with Crippen LogP contribution in [-0.4, -0.2) is 64.7 Å². The van der Waals surface area contributed by atoms with E-state index in [1.807, 2.05) is 0 Å². The lowest BCUT2D eigenvalue weighted by Gasteiger charge is -2.30. The van der Waals surface area contributed by atoms with Gasteiger partial charge in [-0.3, -0.25) is 4.79 Å². The van der Waals surface area contributed by atoms with Crippen molar-refractivity contribution in [3.05, 3.63) is 18.2 Å². The molecule has 29 heavy (non-hydrogen) atoms. The summed E-state index contributed by atoms with van der Waals surface area (Å²) in [5.41, 5.74) is 0. The van der Waals surface area contributed by atoms with Crippen molar-refractivity contribution < 1.29 is 27.4 Å². The predicted molar refractivity (Wildman–Crippen MR) is 105 cm³/mol. The van der Waals surface area contributed by atoms with Gasteiger partial charge in [0.15, 0.2) is 11.5 Å². The van der Waals surface area contributed by atoms with E-state index in [4.69, 9.17) is 14.2 Å². The molecule has 1 N–H and O–H groups in total. The minimum Gasteiger partial charge on any atom is -0.490 e. The van der Waals surface area contributed by atoms with Crippen LogP contribution < -0.4 is 14.8 Å². The Morgan fingerprint density at radius 2 is 1.83 bits per heavy atom. The van der Waals surface area contributed by atoms with Gasteiger partial charge < -0.3 is 19.5 Å². The number of sulfonamides is 1. The summed E-state index contributed by atoms with van der Waals surface area (Å²) in [6.45, 7) is 3.83. The summed E-state index contributed by atoms with van der Waals surface area (Å²) in [4.78, 5) is 12.6. The standard InChI is InChI=1S/C20H28N2O6S/c23-20(21-13-15-6-11-26-14-15)16-4-7-22(8-5-16)29(24,25)17-2-3-18-19(12-17)28-10-1-9-27-18/h2-3,12,15-16H,1,4-11,13-14H2,(H,21,23). The quantitative estimate of drug-likeness (QED) is 0.768. The van der Waals surface area contributed by atoms with E-state index in [0.717, 1.165) is 19.4 Å². The molecule has 3 heterocycles. The summed E-state index contributed by atoms with van der Waals surface area (Å²) in [6.07, 6.45) is 2.79. The van der Waals surface area contributed by atoms with E-state index in [1.165, 1.54) is 4.31 Å². The molecule has 0 saturated carbocycles. The number of hydrogen-bond acceptors (Lipinski definition) is 6. The number of carbonyl (C=O) groups excluding carboxylic acids is 1. The Hall–Kier alpha value is -1.84. The Balaban J connectivity index is 1.35. The molecule has 1 aromatic carbocycles. The van der Waals surface area contributed by atoms with Gasteiger partial charge in [-0.15, -0.1) is 0 Å². The topological polar surface area (TPSA) is 94.2 Å². The Bertz CT molecular complexity index is 829. The molecule has 0 aliphatic carbocycles. The van der Waals surface area contributed by atoms with Crippen molar-refractivity contribution in [2.24, 2.45) is 11.8 Å². The first-order valence-corrected chi connectivity index (χ1v) is 11.7. The van der Waals surface area contributed by atoms with Gasteiger partial charge in [0, 0.05) is 50.6 Å². The van der Waals surface area contributed by atoms with Crippen LogP contribution in [-0.2, 0) is 19.6 Å². The number of nitrogens with one attached hydrogen (secondary N) is 1. The second-order valence-electron chi connectivity index (χ2n) is 7.81. The van der Waals surface area contributed by atoms with Crippen LogP contribution >= 0.6 is 0 Å². The summed E-state index contributed by atoms with van der Waals surface area (Å²) in [6, 6.07) is 4.75. The lowest BCUT2D eigenvalue weighted by atomic mass is 9.97. The summed E-state index contributed by atoms with van der Waals surface area (Å²) in [5, 5.41) is 3.00. The molecule has 0 radical (unpaired) electrons. The second-order valence-corrected chi connectivity index (χ2v) is 9.75. The van der Waals surface area contributed by atoms with Gasteiger partial charge in [0.05, 0.1) is 24.7 Å². The molecule has 1 amide bonds. The maximum atomic E-state index is 13.1. The lowest BCUT2D eigenvalue weighted by Crippen LogP contribution is -2.43. The highest BCUT2D eigenvalue weighted by molar-refractivity contribution is 7.89. The van der Waals surface area contributed by atoms with Crippen LogP contribution in [0.2, 0.25) is 0 Å². The number of rotatable bonds is 5. The third-order valence-corrected chi connectivity index (χ3v) is 7.67. The molecule has 8 nitrogen and oxygen atoms in total. The van der Waals surface area contributed by atoms with Crippen LogP contribution in [0.25, 0.3) is 0 Å². The number of carbonyl (C=O) groups is 1. The van der Waals surface area contributed by atoms with Gasteiger partial charge >= 0.3 is 0 Å². The Morgan fingerprint density at radius 1 is 1.07 bits per heavy atom. The van der Waals surface area contributed by atoms with Gasteiger partial charge in [0.25, 0.3) is 0 Å². The van der Waals surface area contributed by atoms with E-state index in [2.05, 4.69) is 5.32 Å². The van der Waals surface area contributed by atoms with Crippen LogP contribution in [0.3, 0.4) is 0 Å². The average Bonchev–Trinajstić information content (AvgIpc) is 3.15. The number of hydrogen-bond donors (Lipinski definition) is 1. The van der Waals surface area contributed by atoms with Crippen LogP contribution in [0.4, 0.5) is 0 Å². The number of ether oxygens (including phenoxy) is 3. The van der Waals surface area contributed by atoms with Crippen molar-refractivity contribution >= 4 is 15.9 Å². The first-order valence-electron chi connectivity index (χ1n) is 10.3. The summed E-state index contributed by atoms with van der Waals surface area (Å²) in [7, 11) is -3.63. The first kappa shape index (κ1) is 20.4. The van der Waals surface area contributed by atoms with Crippen molar-refractivity contribution in [3.8, 4) is 11.5 Å². The fraction of sp³-hybridized carbons (Fsp3) is 0.650. The Kier molecular flexibility index (Phi) is 6.26. The summed E-state index contributed by atoms with van der Waals surface area (Å²) in [5.74, 6) is 1.30. The molecule has 0 bridgehead atoms. The molecule has 9 heteroatoms. The van der Waals surface area contributed by atoms with Crippen molar-refractivity contribution in [1.29, 1.82) is 0 Å². The molecule has 1 atom stereocenters. The molecule has 0 spiro atoms. The number of benzene rings is 1. The minimum atomic E-state index is -3.63. The molecular weight excluding hydrogens is 396 g/mol. The number of fused-ring (bicyclic) bond motifs is 1. The van der Waals surface area contributed by atoms with E-state index in [1.54, 1.807) is 18.2 Å². The molecule has 2 fully saturated rings. The highest BCUT2D eigenvalue weighted by Crippen LogP contribution is 2.33. The van der Waals surface area contributed by atoms with Crippen molar-refractivity contribution in [2.75, 3.05) is 46.1 Å². The van der Waals surface area contributed by atoms with Crippen molar-refractivity contribution in [3.63, 3.8) is 0 Å². The normalized spacial score (nSPS) is 23.5. The number of piperidine rings is 1. The largest absolute Gasteiger partial charge is 0.490 e. The van der Waals surface area contributed by atoms with Crippen LogP contribution in [0, 0.1) is 11.8 Å². The van der Waals surface area contributed by atoms with E-state index in [0.29, 0.717) is 69.7 Å². The fourth-order valence-electron chi connectivity index (χ4n) is 3.95. The zero-order chi connectivity index (χ0) is 20.3. The second kappa shape index (κ2) is 8.89. The van der Waals surface area contributed by atoms with Gasteiger partial charge in [0.1, 0.15) is 0 Å². The highest BCUT2D eigenvalue weighted by atomic mass is 32.2. The van der Waals surface area contributed by atoms with E-state index < -0.39 is 10.0 Å². The summed E-state index contributed by atoms with van der Waals surface area (Å²) >= 11 is 0. The highest BCUT2D eigenvalue weighted by Gasteiger charge is 2.33. The maximum absolute atomic E-state index is 13.1. The van der Waals surface area contributed by atoms with Gasteiger partial charge in [-0.1, -0.05) is 0 Å². The molecule has 1 unspecified atom stereocenters. The zero-order valence-corrected chi connectivity index (χ0v) is 17.3. The number of amides is 1. The molecule has 2 saturated heterocycles. The van der Waals surface area contributed by atoms with Crippen molar-refractivity contribution in [1.82, 2.24) is 9.62 Å². The molecule has 3 aliphatic heterocycles. The van der Waals surface area contributed by atoms with Crippen LogP contribution in [0.5, 0.6) is 11.5 Å². The van der Waals surface area contributed by atoms with E-state index in [9.17, 15) is 13.2 Å². The molecule has 0 aromatic heterocycles. The molecule has 1 aromatic rings. The monoisotopic (exact) mass is 424 g/mol. The predicted octanol–water partition coefficient (Wildman–Crippen LogP) is 1.40. The first-order chi connectivity index (χ1) is 14.0. The lowest BCUT2D eigenvalue weighted by molar-refractivity contribution is -0.126. The van der Waals surface area contributed by atoms with Crippen molar-refractivity contribution in [2.45, 2.75) is 30.6 Å². The Morgan fingerprint density at radius 3 is 2.55 bits per heavy atom. The molecular formula is C20H28N2O6S. The molecule has 160 valence electrons. The Labute approximate surface area is 171 Å².